The normalized spacial score (nSPS) is 14.1. The minimum Gasteiger partial charge on any atom is -0.357 e. The SMILES string of the molecule is O=C(c1cncc(Br)c1)N1CCc2[nH]c3c(Br)cccc3c2C1. The van der Waals surface area contributed by atoms with Crippen molar-refractivity contribution in [2.24, 2.45) is 0 Å². The van der Waals surface area contributed by atoms with Gasteiger partial charge in [0.15, 0.2) is 0 Å². The van der Waals surface area contributed by atoms with E-state index in [-0.39, 0.29) is 5.91 Å². The zero-order chi connectivity index (χ0) is 16.0. The summed E-state index contributed by atoms with van der Waals surface area (Å²) in [5.74, 6) is 0.0220. The number of nitrogens with one attached hydrogen (secondary N) is 1. The van der Waals surface area contributed by atoms with Gasteiger partial charge >= 0.3 is 0 Å². The minimum absolute atomic E-state index is 0.0220. The Morgan fingerprint density at radius 2 is 2.13 bits per heavy atom. The Morgan fingerprint density at radius 1 is 1.26 bits per heavy atom. The summed E-state index contributed by atoms with van der Waals surface area (Å²) >= 11 is 6.96. The Morgan fingerprint density at radius 3 is 2.96 bits per heavy atom. The molecule has 4 rings (SSSR count). The second kappa shape index (κ2) is 5.76. The maximum absolute atomic E-state index is 12.7. The van der Waals surface area contributed by atoms with Crippen molar-refractivity contribution in [1.29, 1.82) is 0 Å². The van der Waals surface area contributed by atoms with Crippen molar-refractivity contribution >= 4 is 48.7 Å². The third-order valence-corrected chi connectivity index (χ3v) is 5.29. The molecular formula is C17H13Br2N3O. The number of para-hydroxylation sites is 1. The molecule has 0 bridgehead atoms. The van der Waals surface area contributed by atoms with E-state index in [4.69, 9.17) is 0 Å². The van der Waals surface area contributed by atoms with Crippen LogP contribution in [0.2, 0.25) is 0 Å². The summed E-state index contributed by atoms with van der Waals surface area (Å²) in [5.41, 5.74) is 4.16. The number of benzene rings is 1. The van der Waals surface area contributed by atoms with E-state index in [2.05, 4.69) is 47.9 Å². The van der Waals surface area contributed by atoms with E-state index in [1.807, 2.05) is 23.1 Å². The molecule has 1 aromatic carbocycles. The number of rotatable bonds is 1. The number of halogens is 2. The number of nitrogens with zero attached hydrogens (tertiary/aromatic N) is 2. The Bertz CT molecular complexity index is 919. The first-order valence-electron chi connectivity index (χ1n) is 7.31. The van der Waals surface area contributed by atoms with Crippen LogP contribution in [0.5, 0.6) is 0 Å². The van der Waals surface area contributed by atoms with Gasteiger partial charge in [-0.2, -0.15) is 0 Å². The van der Waals surface area contributed by atoms with Gasteiger partial charge in [0.1, 0.15) is 0 Å². The predicted molar refractivity (Wildman–Crippen MR) is 96.4 cm³/mol. The summed E-state index contributed by atoms with van der Waals surface area (Å²) in [4.78, 5) is 22.2. The monoisotopic (exact) mass is 433 g/mol. The Labute approximate surface area is 150 Å². The Hall–Kier alpha value is -1.66. The van der Waals surface area contributed by atoms with Crippen LogP contribution in [0.4, 0.5) is 0 Å². The number of aromatic amines is 1. The van der Waals surface area contributed by atoms with Gasteiger partial charge in [-0.15, -0.1) is 0 Å². The van der Waals surface area contributed by atoms with Crippen LogP contribution in [-0.4, -0.2) is 27.3 Å². The van der Waals surface area contributed by atoms with Crippen LogP contribution in [-0.2, 0) is 13.0 Å². The van der Waals surface area contributed by atoms with Gasteiger partial charge in [-0.3, -0.25) is 9.78 Å². The lowest BCUT2D eigenvalue weighted by molar-refractivity contribution is 0.0734. The summed E-state index contributed by atoms with van der Waals surface area (Å²) in [5, 5.41) is 1.18. The summed E-state index contributed by atoms with van der Waals surface area (Å²) in [7, 11) is 0. The van der Waals surface area contributed by atoms with Crippen molar-refractivity contribution < 1.29 is 4.79 Å². The maximum atomic E-state index is 12.7. The first-order chi connectivity index (χ1) is 11.1. The molecule has 1 N–H and O–H groups in total. The molecule has 0 saturated carbocycles. The third kappa shape index (κ3) is 2.60. The predicted octanol–water partition coefficient (Wildman–Crippen LogP) is 4.29. The summed E-state index contributed by atoms with van der Waals surface area (Å²) in [6.45, 7) is 1.33. The fourth-order valence-electron chi connectivity index (χ4n) is 3.09. The second-order valence-corrected chi connectivity index (χ2v) is 7.38. The topological polar surface area (TPSA) is 49.0 Å². The number of amides is 1. The molecule has 1 aliphatic rings. The quantitative estimate of drug-likeness (QED) is 0.621. The van der Waals surface area contributed by atoms with Gasteiger partial charge in [-0.05, 0) is 44.0 Å². The lowest BCUT2D eigenvalue weighted by Crippen LogP contribution is -2.35. The molecule has 4 nitrogen and oxygen atoms in total. The van der Waals surface area contributed by atoms with Crippen molar-refractivity contribution in [2.75, 3.05) is 6.54 Å². The molecule has 1 amide bonds. The van der Waals surface area contributed by atoms with E-state index in [0.717, 1.165) is 20.9 Å². The average Bonchev–Trinajstić information content (AvgIpc) is 2.93. The minimum atomic E-state index is 0.0220. The molecule has 0 aliphatic carbocycles. The van der Waals surface area contributed by atoms with Crippen LogP contribution in [0.3, 0.4) is 0 Å². The van der Waals surface area contributed by atoms with E-state index in [1.54, 1.807) is 12.4 Å². The molecule has 116 valence electrons. The average molecular weight is 435 g/mol. The molecule has 3 aromatic rings. The Balaban J connectivity index is 1.70. The molecule has 0 radical (unpaired) electrons. The molecule has 0 spiro atoms. The lowest BCUT2D eigenvalue weighted by Gasteiger charge is -2.27. The van der Waals surface area contributed by atoms with Gasteiger partial charge in [0.05, 0.1) is 11.1 Å². The van der Waals surface area contributed by atoms with Gasteiger partial charge in [0.25, 0.3) is 5.91 Å². The number of aromatic nitrogens is 2. The number of hydrogen-bond acceptors (Lipinski definition) is 2. The molecule has 0 fully saturated rings. The fourth-order valence-corrected chi connectivity index (χ4v) is 3.92. The smallest absolute Gasteiger partial charge is 0.255 e. The standard InChI is InChI=1S/C17H13Br2N3O/c18-11-6-10(7-20-8-11)17(23)22-5-4-15-13(9-22)12-2-1-3-14(19)16(12)21-15/h1-3,6-8,21H,4-5,9H2. The van der Waals surface area contributed by atoms with E-state index in [1.165, 1.54) is 16.6 Å². The highest BCUT2D eigenvalue weighted by molar-refractivity contribution is 9.11. The first-order valence-corrected chi connectivity index (χ1v) is 8.90. The van der Waals surface area contributed by atoms with E-state index >= 15 is 0 Å². The zero-order valence-electron chi connectivity index (χ0n) is 12.1. The molecule has 0 atom stereocenters. The van der Waals surface area contributed by atoms with Crippen LogP contribution in [0.25, 0.3) is 10.9 Å². The van der Waals surface area contributed by atoms with Crippen LogP contribution < -0.4 is 0 Å². The molecule has 2 aromatic heterocycles. The molecule has 0 saturated heterocycles. The fraction of sp³-hybridized carbons (Fsp3) is 0.176. The van der Waals surface area contributed by atoms with Gasteiger partial charge in [0, 0.05) is 57.5 Å². The largest absolute Gasteiger partial charge is 0.357 e. The molecule has 23 heavy (non-hydrogen) atoms. The second-order valence-electron chi connectivity index (χ2n) is 5.61. The molecule has 3 heterocycles. The Kier molecular flexibility index (Phi) is 3.73. The molecular weight excluding hydrogens is 422 g/mol. The summed E-state index contributed by atoms with van der Waals surface area (Å²) in [6.07, 6.45) is 4.14. The number of pyridine rings is 1. The first kappa shape index (κ1) is 14.9. The van der Waals surface area contributed by atoms with Crippen molar-refractivity contribution in [2.45, 2.75) is 13.0 Å². The lowest BCUT2D eigenvalue weighted by atomic mass is 10.0. The van der Waals surface area contributed by atoms with Crippen LogP contribution >= 0.6 is 31.9 Å². The van der Waals surface area contributed by atoms with Gasteiger partial charge in [0.2, 0.25) is 0 Å². The zero-order valence-corrected chi connectivity index (χ0v) is 15.3. The third-order valence-electron chi connectivity index (χ3n) is 4.20. The maximum Gasteiger partial charge on any atom is 0.255 e. The van der Waals surface area contributed by atoms with Gasteiger partial charge < -0.3 is 9.88 Å². The van der Waals surface area contributed by atoms with Crippen molar-refractivity contribution in [1.82, 2.24) is 14.9 Å². The highest BCUT2D eigenvalue weighted by Crippen LogP contribution is 2.32. The van der Waals surface area contributed by atoms with Crippen molar-refractivity contribution in [3.8, 4) is 0 Å². The van der Waals surface area contributed by atoms with Gasteiger partial charge in [-0.25, -0.2) is 0 Å². The molecule has 1 aliphatic heterocycles. The van der Waals surface area contributed by atoms with E-state index in [9.17, 15) is 4.79 Å². The van der Waals surface area contributed by atoms with Gasteiger partial charge in [-0.1, -0.05) is 12.1 Å². The number of fused-ring (bicyclic) bond motifs is 3. The number of hydrogen-bond donors (Lipinski definition) is 1. The van der Waals surface area contributed by atoms with Crippen LogP contribution in [0, 0.1) is 0 Å². The highest BCUT2D eigenvalue weighted by Gasteiger charge is 2.25. The number of H-pyrrole nitrogens is 1. The van der Waals surface area contributed by atoms with Crippen LogP contribution in [0.15, 0.2) is 45.6 Å². The van der Waals surface area contributed by atoms with E-state index < -0.39 is 0 Å². The summed E-state index contributed by atoms with van der Waals surface area (Å²) < 4.78 is 1.87. The molecule has 6 heteroatoms. The van der Waals surface area contributed by atoms with Crippen LogP contribution in [0.1, 0.15) is 21.6 Å². The highest BCUT2D eigenvalue weighted by atomic mass is 79.9. The van der Waals surface area contributed by atoms with Crippen molar-refractivity contribution in [3.05, 3.63) is 62.4 Å². The van der Waals surface area contributed by atoms with Crippen molar-refractivity contribution in [3.63, 3.8) is 0 Å². The summed E-state index contributed by atoms with van der Waals surface area (Å²) in [6, 6.07) is 7.97. The number of carbonyl (C=O) groups is 1. The number of carbonyl (C=O) groups excluding carboxylic acids is 1. The molecule has 0 unspecified atom stereocenters. The van der Waals surface area contributed by atoms with E-state index in [0.29, 0.717) is 18.7 Å².